The summed E-state index contributed by atoms with van der Waals surface area (Å²) in [7, 11) is 0. The predicted molar refractivity (Wildman–Crippen MR) is 62.5 cm³/mol. The summed E-state index contributed by atoms with van der Waals surface area (Å²) in [6.45, 7) is 1.21. The van der Waals surface area contributed by atoms with Crippen LogP contribution in [0.2, 0.25) is 0 Å². The van der Waals surface area contributed by atoms with E-state index in [1.807, 2.05) is 0 Å². The van der Waals surface area contributed by atoms with Gasteiger partial charge in [0.25, 0.3) is 0 Å². The molecule has 96 valence electrons. The molecule has 0 aromatic carbocycles. The lowest BCUT2D eigenvalue weighted by Crippen LogP contribution is -2.44. The highest BCUT2D eigenvalue weighted by atomic mass is 16.4. The average Bonchev–Trinajstić information content (AvgIpc) is 2.96. The van der Waals surface area contributed by atoms with Gasteiger partial charge in [0.1, 0.15) is 0 Å². The summed E-state index contributed by atoms with van der Waals surface area (Å²) in [5, 5.41) is 14.9. The van der Waals surface area contributed by atoms with E-state index in [1.54, 1.807) is 0 Å². The van der Waals surface area contributed by atoms with E-state index >= 15 is 0 Å². The normalized spacial score (nSPS) is 28.0. The fraction of sp³-hybridized carbons (Fsp3) is 0.833. The van der Waals surface area contributed by atoms with Crippen molar-refractivity contribution >= 4 is 11.9 Å². The molecule has 0 aliphatic heterocycles. The van der Waals surface area contributed by atoms with Crippen molar-refractivity contribution in [2.75, 3.05) is 13.1 Å². The molecule has 0 heterocycles. The van der Waals surface area contributed by atoms with Crippen LogP contribution in [0.1, 0.15) is 32.1 Å². The number of rotatable bonds is 6. The van der Waals surface area contributed by atoms with E-state index in [0.717, 1.165) is 25.3 Å². The van der Waals surface area contributed by atoms with Gasteiger partial charge in [-0.15, -0.1) is 0 Å². The second kappa shape index (κ2) is 5.49. The van der Waals surface area contributed by atoms with Crippen LogP contribution in [-0.4, -0.2) is 36.1 Å². The average molecular weight is 240 g/mol. The molecule has 2 fully saturated rings. The molecule has 0 aromatic rings. The van der Waals surface area contributed by atoms with Crippen molar-refractivity contribution in [3.63, 3.8) is 0 Å². The summed E-state index contributed by atoms with van der Waals surface area (Å²) in [5.74, 6) is -0.522. The summed E-state index contributed by atoms with van der Waals surface area (Å²) in [5.41, 5.74) is 0. The Morgan fingerprint density at radius 1 is 1.18 bits per heavy atom. The lowest BCUT2D eigenvalue weighted by atomic mass is 10.0. The molecule has 2 rings (SSSR count). The monoisotopic (exact) mass is 240 g/mol. The second-order valence-corrected chi connectivity index (χ2v) is 5.12. The fourth-order valence-electron chi connectivity index (χ4n) is 2.40. The third kappa shape index (κ3) is 3.70. The van der Waals surface area contributed by atoms with E-state index in [0.29, 0.717) is 13.0 Å². The standard InChI is InChI=1S/C12H20N2O3/c15-11(7-13-6-8-4-5-8)14-10-3-1-2-9(10)12(16)17/h8-10,13H,1-7H2,(H,14,15)(H,16,17). The molecule has 0 aromatic heterocycles. The highest BCUT2D eigenvalue weighted by molar-refractivity contribution is 5.80. The Labute approximate surface area is 101 Å². The zero-order valence-electron chi connectivity index (χ0n) is 9.95. The number of carboxylic acid groups (broad SMARTS) is 1. The Bertz CT molecular complexity index is 302. The van der Waals surface area contributed by atoms with Crippen LogP contribution in [0.15, 0.2) is 0 Å². The maximum Gasteiger partial charge on any atom is 0.308 e. The first-order valence-electron chi connectivity index (χ1n) is 6.39. The molecule has 2 unspecified atom stereocenters. The Morgan fingerprint density at radius 3 is 2.59 bits per heavy atom. The van der Waals surface area contributed by atoms with Crippen LogP contribution in [0, 0.1) is 11.8 Å². The van der Waals surface area contributed by atoms with Gasteiger partial charge >= 0.3 is 5.97 Å². The maximum atomic E-state index is 11.6. The van der Waals surface area contributed by atoms with Gasteiger partial charge in [-0.05, 0) is 38.1 Å². The molecular formula is C12H20N2O3. The number of nitrogens with one attached hydrogen (secondary N) is 2. The predicted octanol–water partition coefficient (Wildman–Crippen LogP) is 0.355. The van der Waals surface area contributed by atoms with Crippen LogP contribution in [-0.2, 0) is 9.59 Å². The topological polar surface area (TPSA) is 78.4 Å². The fourth-order valence-corrected chi connectivity index (χ4v) is 2.40. The minimum atomic E-state index is -0.793. The summed E-state index contributed by atoms with van der Waals surface area (Å²) < 4.78 is 0. The van der Waals surface area contributed by atoms with Gasteiger partial charge < -0.3 is 15.7 Å². The van der Waals surface area contributed by atoms with Crippen molar-refractivity contribution < 1.29 is 14.7 Å². The van der Waals surface area contributed by atoms with Crippen molar-refractivity contribution in [3.05, 3.63) is 0 Å². The third-order valence-electron chi connectivity index (χ3n) is 3.60. The minimum Gasteiger partial charge on any atom is -0.481 e. The molecule has 0 saturated heterocycles. The molecule has 2 aliphatic carbocycles. The molecule has 0 radical (unpaired) electrons. The van der Waals surface area contributed by atoms with Crippen molar-refractivity contribution in [1.29, 1.82) is 0 Å². The largest absolute Gasteiger partial charge is 0.481 e. The first-order chi connectivity index (χ1) is 8.16. The van der Waals surface area contributed by atoms with Crippen molar-refractivity contribution in [2.24, 2.45) is 11.8 Å². The Kier molecular flexibility index (Phi) is 3.99. The van der Waals surface area contributed by atoms with Gasteiger partial charge in [-0.3, -0.25) is 9.59 Å². The van der Waals surface area contributed by atoms with Crippen LogP contribution in [0.25, 0.3) is 0 Å². The lowest BCUT2D eigenvalue weighted by Gasteiger charge is -2.17. The van der Waals surface area contributed by atoms with Crippen LogP contribution in [0.3, 0.4) is 0 Å². The Balaban J connectivity index is 1.67. The number of carbonyl (C=O) groups excluding carboxylic acids is 1. The summed E-state index contributed by atoms with van der Waals surface area (Å²) in [4.78, 5) is 22.5. The molecular weight excluding hydrogens is 220 g/mol. The van der Waals surface area contributed by atoms with Crippen LogP contribution < -0.4 is 10.6 Å². The third-order valence-corrected chi connectivity index (χ3v) is 3.60. The van der Waals surface area contributed by atoms with Gasteiger partial charge in [0.2, 0.25) is 5.91 Å². The number of hydrogen-bond donors (Lipinski definition) is 3. The van der Waals surface area contributed by atoms with Gasteiger partial charge in [0, 0.05) is 6.04 Å². The van der Waals surface area contributed by atoms with Crippen LogP contribution >= 0.6 is 0 Å². The van der Waals surface area contributed by atoms with Gasteiger partial charge in [0.05, 0.1) is 12.5 Å². The van der Waals surface area contributed by atoms with Crippen molar-refractivity contribution in [3.8, 4) is 0 Å². The lowest BCUT2D eigenvalue weighted by molar-refractivity contribution is -0.142. The first kappa shape index (κ1) is 12.4. The molecule has 0 spiro atoms. The molecule has 5 nitrogen and oxygen atoms in total. The van der Waals surface area contributed by atoms with Crippen molar-refractivity contribution in [1.82, 2.24) is 10.6 Å². The van der Waals surface area contributed by atoms with E-state index in [-0.39, 0.29) is 11.9 Å². The van der Waals surface area contributed by atoms with Crippen LogP contribution in [0.4, 0.5) is 0 Å². The molecule has 2 saturated carbocycles. The quantitative estimate of drug-likeness (QED) is 0.626. The van der Waals surface area contributed by atoms with E-state index in [2.05, 4.69) is 10.6 Å². The molecule has 0 bridgehead atoms. The molecule has 3 N–H and O–H groups in total. The smallest absolute Gasteiger partial charge is 0.308 e. The summed E-state index contributed by atoms with van der Waals surface area (Å²) in [6, 6.07) is -0.178. The zero-order chi connectivity index (χ0) is 12.3. The van der Waals surface area contributed by atoms with Crippen LogP contribution in [0.5, 0.6) is 0 Å². The first-order valence-corrected chi connectivity index (χ1v) is 6.39. The Morgan fingerprint density at radius 2 is 1.94 bits per heavy atom. The van der Waals surface area contributed by atoms with Gasteiger partial charge in [-0.1, -0.05) is 6.42 Å². The van der Waals surface area contributed by atoms with E-state index < -0.39 is 11.9 Å². The highest BCUT2D eigenvalue weighted by Crippen LogP contribution is 2.27. The number of carbonyl (C=O) groups is 2. The van der Waals surface area contributed by atoms with Gasteiger partial charge in [0.15, 0.2) is 0 Å². The van der Waals surface area contributed by atoms with E-state index in [1.165, 1.54) is 12.8 Å². The summed E-state index contributed by atoms with van der Waals surface area (Å²) >= 11 is 0. The zero-order valence-corrected chi connectivity index (χ0v) is 9.95. The summed E-state index contributed by atoms with van der Waals surface area (Å²) in [6.07, 6.45) is 4.87. The van der Waals surface area contributed by atoms with Gasteiger partial charge in [-0.25, -0.2) is 0 Å². The number of carboxylic acids is 1. The van der Waals surface area contributed by atoms with Crippen molar-refractivity contribution in [2.45, 2.75) is 38.1 Å². The minimum absolute atomic E-state index is 0.0798. The highest BCUT2D eigenvalue weighted by Gasteiger charge is 2.33. The molecule has 17 heavy (non-hydrogen) atoms. The van der Waals surface area contributed by atoms with E-state index in [4.69, 9.17) is 5.11 Å². The second-order valence-electron chi connectivity index (χ2n) is 5.12. The maximum absolute atomic E-state index is 11.6. The number of aliphatic carboxylic acids is 1. The number of hydrogen-bond acceptors (Lipinski definition) is 3. The SMILES string of the molecule is O=C(CNCC1CC1)NC1CCCC1C(=O)O. The molecule has 2 atom stereocenters. The Hall–Kier alpha value is -1.10. The molecule has 1 amide bonds. The van der Waals surface area contributed by atoms with Gasteiger partial charge in [-0.2, -0.15) is 0 Å². The number of amides is 1. The van der Waals surface area contributed by atoms with E-state index in [9.17, 15) is 9.59 Å². The molecule has 5 heteroatoms. The molecule has 2 aliphatic rings.